The summed E-state index contributed by atoms with van der Waals surface area (Å²) in [7, 11) is -3.01. The first-order chi connectivity index (χ1) is 9.55. The molecule has 0 unspecified atom stereocenters. The highest BCUT2D eigenvalue weighted by Gasteiger charge is 2.44. The van der Waals surface area contributed by atoms with E-state index in [1.807, 2.05) is 0 Å². The van der Waals surface area contributed by atoms with Crippen molar-refractivity contribution in [3.63, 3.8) is 0 Å². The number of rotatable bonds is 1. The highest BCUT2D eigenvalue weighted by molar-refractivity contribution is 7.91. The van der Waals surface area contributed by atoms with Crippen LogP contribution in [0.2, 0.25) is 0 Å². The second kappa shape index (κ2) is 6.71. The fourth-order valence-electron chi connectivity index (χ4n) is 3.62. The van der Waals surface area contributed by atoms with Gasteiger partial charge in [-0.2, -0.15) is 0 Å². The Morgan fingerprint density at radius 2 is 1.86 bits per heavy atom. The fourth-order valence-corrected chi connectivity index (χ4v) is 5.58. The molecule has 2 heterocycles. The zero-order chi connectivity index (χ0) is 14.2. The van der Waals surface area contributed by atoms with Crippen LogP contribution >= 0.6 is 12.4 Å². The first kappa shape index (κ1) is 16.8. The standard InChI is InChI=1S/C13H23N3O3S.ClH/c17-13(15-10-4-2-1-3-5-10)16-7-6-14-11-8-20(18,19)9-12(11)16;/h10-12,14H,1-9H2,(H,15,17);1H/t11-,12+;/m0./s1. The van der Waals surface area contributed by atoms with Crippen LogP contribution in [0.25, 0.3) is 0 Å². The summed E-state index contributed by atoms with van der Waals surface area (Å²) in [6, 6.07) is -0.101. The zero-order valence-electron chi connectivity index (χ0n) is 12.1. The number of hydrogen-bond acceptors (Lipinski definition) is 4. The number of halogens is 1. The van der Waals surface area contributed by atoms with Crippen molar-refractivity contribution < 1.29 is 13.2 Å². The summed E-state index contributed by atoms with van der Waals surface area (Å²) in [5.41, 5.74) is 0. The van der Waals surface area contributed by atoms with Crippen LogP contribution in [0, 0.1) is 0 Å². The summed E-state index contributed by atoms with van der Waals surface area (Å²) in [6.07, 6.45) is 5.69. The monoisotopic (exact) mass is 337 g/mol. The lowest BCUT2D eigenvalue weighted by molar-refractivity contribution is 0.146. The van der Waals surface area contributed by atoms with E-state index in [0.717, 1.165) is 12.8 Å². The maximum absolute atomic E-state index is 12.4. The number of carbonyl (C=O) groups excluding carboxylic acids is 1. The number of fused-ring (bicyclic) bond motifs is 1. The third-order valence-electron chi connectivity index (χ3n) is 4.68. The predicted octanol–water partition coefficient (Wildman–Crippen LogP) is 0.521. The molecule has 0 aromatic carbocycles. The SMILES string of the molecule is Cl.O=C(NC1CCCCC1)N1CCN[C@H]2CS(=O)(=O)C[C@H]21. The molecule has 0 spiro atoms. The third-order valence-corrected chi connectivity index (χ3v) is 6.39. The molecule has 2 amide bonds. The summed E-state index contributed by atoms with van der Waals surface area (Å²) in [6.45, 7) is 1.27. The largest absolute Gasteiger partial charge is 0.335 e. The van der Waals surface area contributed by atoms with Crippen molar-refractivity contribution in [1.29, 1.82) is 0 Å². The lowest BCUT2D eigenvalue weighted by atomic mass is 9.95. The number of nitrogens with zero attached hydrogens (tertiary/aromatic N) is 1. The van der Waals surface area contributed by atoms with Crippen LogP contribution in [0.1, 0.15) is 32.1 Å². The van der Waals surface area contributed by atoms with Crippen molar-refractivity contribution >= 4 is 28.3 Å². The van der Waals surface area contributed by atoms with E-state index in [1.165, 1.54) is 19.3 Å². The van der Waals surface area contributed by atoms with Crippen LogP contribution in [0.4, 0.5) is 4.79 Å². The molecule has 21 heavy (non-hydrogen) atoms. The smallest absolute Gasteiger partial charge is 0.317 e. The van der Waals surface area contributed by atoms with Gasteiger partial charge in [0.15, 0.2) is 9.84 Å². The van der Waals surface area contributed by atoms with Crippen LogP contribution < -0.4 is 10.6 Å². The van der Waals surface area contributed by atoms with Gasteiger partial charge in [-0.25, -0.2) is 13.2 Å². The van der Waals surface area contributed by atoms with Crippen molar-refractivity contribution in [3.05, 3.63) is 0 Å². The number of sulfone groups is 1. The van der Waals surface area contributed by atoms with Crippen molar-refractivity contribution in [2.24, 2.45) is 0 Å². The number of urea groups is 1. The predicted molar refractivity (Wildman–Crippen MR) is 83.6 cm³/mol. The van der Waals surface area contributed by atoms with Gasteiger partial charge in [0.25, 0.3) is 0 Å². The molecule has 3 fully saturated rings. The molecule has 0 bridgehead atoms. The van der Waals surface area contributed by atoms with E-state index in [2.05, 4.69) is 10.6 Å². The van der Waals surface area contributed by atoms with Gasteiger partial charge in [-0.3, -0.25) is 0 Å². The molecule has 2 saturated heterocycles. The van der Waals surface area contributed by atoms with Crippen LogP contribution in [0.5, 0.6) is 0 Å². The maximum Gasteiger partial charge on any atom is 0.317 e. The van der Waals surface area contributed by atoms with Crippen LogP contribution in [0.15, 0.2) is 0 Å². The average Bonchev–Trinajstić information content (AvgIpc) is 2.73. The minimum absolute atomic E-state index is 0. The Morgan fingerprint density at radius 1 is 1.14 bits per heavy atom. The van der Waals surface area contributed by atoms with Crippen molar-refractivity contribution in [3.8, 4) is 0 Å². The highest BCUT2D eigenvalue weighted by atomic mass is 35.5. The number of nitrogens with one attached hydrogen (secondary N) is 2. The highest BCUT2D eigenvalue weighted by Crippen LogP contribution is 2.22. The molecule has 8 heteroatoms. The maximum atomic E-state index is 12.4. The molecule has 3 aliphatic rings. The van der Waals surface area contributed by atoms with Gasteiger partial charge >= 0.3 is 6.03 Å². The summed E-state index contributed by atoms with van der Waals surface area (Å²) in [5.74, 6) is 0.258. The normalized spacial score (nSPS) is 32.1. The Bertz CT molecular complexity index is 479. The van der Waals surface area contributed by atoms with Gasteiger partial charge in [0, 0.05) is 25.2 Å². The molecule has 1 saturated carbocycles. The Kier molecular flexibility index (Phi) is 5.38. The van der Waals surface area contributed by atoms with E-state index in [9.17, 15) is 13.2 Å². The molecule has 2 aliphatic heterocycles. The van der Waals surface area contributed by atoms with Crippen LogP contribution in [-0.2, 0) is 9.84 Å². The molecule has 6 nitrogen and oxygen atoms in total. The van der Waals surface area contributed by atoms with E-state index in [4.69, 9.17) is 0 Å². The number of piperazine rings is 1. The van der Waals surface area contributed by atoms with E-state index in [0.29, 0.717) is 13.1 Å². The molecule has 122 valence electrons. The molecule has 1 aliphatic carbocycles. The van der Waals surface area contributed by atoms with Gasteiger partial charge in [-0.05, 0) is 12.8 Å². The fraction of sp³-hybridized carbons (Fsp3) is 0.923. The minimum atomic E-state index is -3.01. The lowest BCUT2D eigenvalue weighted by Crippen LogP contribution is -2.61. The van der Waals surface area contributed by atoms with Crippen LogP contribution in [0.3, 0.4) is 0 Å². The van der Waals surface area contributed by atoms with Gasteiger partial charge in [-0.15, -0.1) is 12.4 Å². The van der Waals surface area contributed by atoms with Gasteiger partial charge in [0.2, 0.25) is 0 Å². The van der Waals surface area contributed by atoms with Gasteiger partial charge in [0.05, 0.1) is 17.5 Å². The van der Waals surface area contributed by atoms with Gasteiger partial charge in [0.1, 0.15) is 0 Å². The molecule has 2 N–H and O–H groups in total. The summed E-state index contributed by atoms with van der Waals surface area (Å²) < 4.78 is 23.5. The van der Waals surface area contributed by atoms with Crippen molar-refractivity contribution in [2.45, 2.75) is 50.2 Å². The summed E-state index contributed by atoms with van der Waals surface area (Å²) >= 11 is 0. The van der Waals surface area contributed by atoms with E-state index >= 15 is 0 Å². The van der Waals surface area contributed by atoms with Gasteiger partial charge in [-0.1, -0.05) is 19.3 Å². The average molecular weight is 338 g/mol. The molecule has 0 radical (unpaired) electrons. The first-order valence-electron chi connectivity index (χ1n) is 7.56. The Morgan fingerprint density at radius 3 is 2.57 bits per heavy atom. The Balaban J connectivity index is 0.00000161. The zero-order valence-corrected chi connectivity index (χ0v) is 13.7. The summed E-state index contributed by atoms with van der Waals surface area (Å²) in [5, 5.41) is 6.32. The molecule has 3 rings (SSSR count). The molecular formula is C13H24ClN3O3S. The molecule has 0 aromatic rings. The second-order valence-corrected chi connectivity index (χ2v) is 8.34. The van der Waals surface area contributed by atoms with E-state index < -0.39 is 9.84 Å². The van der Waals surface area contributed by atoms with E-state index in [1.54, 1.807) is 4.90 Å². The van der Waals surface area contributed by atoms with Crippen molar-refractivity contribution in [2.75, 3.05) is 24.6 Å². The molecule has 0 aromatic heterocycles. The lowest BCUT2D eigenvalue weighted by Gasteiger charge is -2.38. The first-order valence-corrected chi connectivity index (χ1v) is 9.38. The summed E-state index contributed by atoms with van der Waals surface area (Å²) in [4.78, 5) is 14.1. The quantitative estimate of drug-likeness (QED) is 0.731. The number of amides is 2. The third kappa shape index (κ3) is 3.81. The second-order valence-electron chi connectivity index (χ2n) is 6.18. The van der Waals surface area contributed by atoms with Crippen molar-refractivity contribution in [1.82, 2.24) is 15.5 Å². The molecule has 2 atom stereocenters. The van der Waals surface area contributed by atoms with Crippen LogP contribution in [-0.4, -0.2) is 62.1 Å². The molecular weight excluding hydrogens is 314 g/mol. The van der Waals surface area contributed by atoms with E-state index in [-0.39, 0.29) is 48.1 Å². The Hall–Kier alpha value is -0.530. The topological polar surface area (TPSA) is 78.5 Å². The minimum Gasteiger partial charge on any atom is -0.335 e. The van der Waals surface area contributed by atoms with Gasteiger partial charge < -0.3 is 15.5 Å². The Labute approximate surface area is 132 Å². The number of hydrogen-bond donors (Lipinski definition) is 2. The number of carbonyl (C=O) groups is 1.